The Morgan fingerprint density at radius 1 is 1.29 bits per heavy atom. The summed E-state index contributed by atoms with van der Waals surface area (Å²) in [5, 5.41) is 0.864. The van der Waals surface area contributed by atoms with Crippen molar-refractivity contribution < 1.29 is 0 Å². The lowest BCUT2D eigenvalue weighted by atomic mass is 10.1. The lowest BCUT2D eigenvalue weighted by molar-refractivity contribution is 0.816. The molecule has 0 amide bonds. The number of thioether (sulfide) groups is 1. The zero-order chi connectivity index (χ0) is 12.1. The van der Waals surface area contributed by atoms with Crippen LogP contribution in [0.3, 0.4) is 0 Å². The summed E-state index contributed by atoms with van der Waals surface area (Å²) in [7, 11) is 0. The van der Waals surface area contributed by atoms with Crippen LogP contribution in [0.1, 0.15) is 12.0 Å². The summed E-state index contributed by atoms with van der Waals surface area (Å²) in [4.78, 5) is 2.40. The number of nitrogens with zero attached hydrogens (tertiary/aromatic N) is 1. The molecule has 0 spiro atoms. The van der Waals surface area contributed by atoms with Crippen LogP contribution in [0.15, 0.2) is 18.2 Å². The highest BCUT2D eigenvalue weighted by Crippen LogP contribution is 2.28. The average molecular weight is 271 g/mol. The Hall–Kier alpha value is -0.380. The summed E-state index contributed by atoms with van der Waals surface area (Å²) in [5.74, 6) is 2.46. The molecule has 4 heteroatoms. The van der Waals surface area contributed by atoms with E-state index in [-0.39, 0.29) is 0 Å². The molecule has 1 aliphatic rings. The maximum Gasteiger partial charge on any atom is 0.0642 e. The third-order valence-electron chi connectivity index (χ3n) is 3.01. The molecule has 2 nitrogen and oxygen atoms in total. The first kappa shape index (κ1) is 13.1. The zero-order valence-corrected chi connectivity index (χ0v) is 11.6. The third-order valence-corrected chi connectivity index (χ3v) is 4.36. The van der Waals surface area contributed by atoms with E-state index in [4.69, 9.17) is 17.3 Å². The number of halogens is 1. The molecule has 1 saturated heterocycles. The molecule has 0 unspecified atom stereocenters. The number of rotatable bonds is 3. The van der Waals surface area contributed by atoms with Crippen LogP contribution < -0.4 is 10.6 Å². The van der Waals surface area contributed by atoms with Gasteiger partial charge in [0, 0.05) is 18.8 Å². The van der Waals surface area contributed by atoms with Gasteiger partial charge in [-0.3, -0.25) is 0 Å². The van der Waals surface area contributed by atoms with E-state index in [0.29, 0.717) is 6.54 Å². The quantitative estimate of drug-likeness (QED) is 0.916. The largest absolute Gasteiger partial charge is 0.369 e. The van der Waals surface area contributed by atoms with E-state index in [2.05, 4.69) is 23.1 Å². The molecule has 0 atom stereocenters. The van der Waals surface area contributed by atoms with Gasteiger partial charge in [0.25, 0.3) is 0 Å². The van der Waals surface area contributed by atoms with E-state index in [1.54, 1.807) is 0 Å². The Kier molecular flexibility index (Phi) is 5.01. The van der Waals surface area contributed by atoms with E-state index >= 15 is 0 Å². The van der Waals surface area contributed by atoms with Crippen LogP contribution in [-0.2, 0) is 6.42 Å². The highest BCUT2D eigenvalue weighted by atomic mass is 35.5. The molecule has 1 aromatic carbocycles. The second-order valence-corrected chi connectivity index (χ2v) is 5.91. The number of benzene rings is 1. The van der Waals surface area contributed by atoms with Gasteiger partial charge < -0.3 is 10.6 Å². The van der Waals surface area contributed by atoms with Crippen molar-refractivity contribution in [1.82, 2.24) is 0 Å². The topological polar surface area (TPSA) is 29.3 Å². The van der Waals surface area contributed by atoms with E-state index in [1.807, 2.05) is 11.8 Å². The molecular weight excluding hydrogens is 252 g/mol. The van der Waals surface area contributed by atoms with Gasteiger partial charge in [0.1, 0.15) is 0 Å². The van der Waals surface area contributed by atoms with Crippen molar-refractivity contribution in [3.05, 3.63) is 28.8 Å². The smallest absolute Gasteiger partial charge is 0.0642 e. The van der Waals surface area contributed by atoms with E-state index in [9.17, 15) is 0 Å². The molecule has 1 aliphatic heterocycles. The van der Waals surface area contributed by atoms with Crippen molar-refractivity contribution in [2.45, 2.75) is 12.8 Å². The number of anilines is 1. The lowest BCUT2D eigenvalue weighted by Crippen LogP contribution is -2.25. The Morgan fingerprint density at radius 3 is 2.94 bits per heavy atom. The van der Waals surface area contributed by atoms with E-state index in [1.165, 1.54) is 29.2 Å². The predicted molar refractivity (Wildman–Crippen MR) is 78.4 cm³/mol. The minimum absolute atomic E-state index is 0.677. The van der Waals surface area contributed by atoms with Crippen molar-refractivity contribution in [2.24, 2.45) is 5.73 Å². The van der Waals surface area contributed by atoms with Crippen LogP contribution in [-0.4, -0.2) is 31.1 Å². The average Bonchev–Trinajstić information content (AvgIpc) is 2.58. The fraction of sp³-hybridized carbons (Fsp3) is 0.538. The molecule has 0 saturated carbocycles. The second-order valence-electron chi connectivity index (χ2n) is 4.28. The Morgan fingerprint density at radius 2 is 2.18 bits per heavy atom. The van der Waals surface area contributed by atoms with Crippen molar-refractivity contribution in [1.29, 1.82) is 0 Å². The van der Waals surface area contributed by atoms with Gasteiger partial charge in [0.05, 0.1) is 10.7 Å². The fourth-order valence-electron chi connectivity index (χ4n) is 2.12. The first-order valence-corrected chi connectivity index (χ1v) is 7.65. The Balaban J connectivity index is 2.14. The lowest BCUT2D eigenvalue weighted by Gasteiger charge is -2.23. The van der Waals surface area contributed by atoms with Gasteiger partial charge in [-0.15, -0.1) is 0 Å². The van der Waals surface area contributed by atoms with Crippen LogP contribution >= 0.6 is 23.4 Å². The molecule has 1 fully saturated rings. The fourth-order valence-corrected chi connectivity index (χ4v) is 3.33. The van der Waals surface area contributed by atoms with Crippen molar-refractivity contribution in [3.63, 3.8) is 0 Å². The van der Waals surface area contributed by atoms with Gasteiger partial charge in [-0.05, 0) is 42.8 Å². The monoisotopic (exact) mass is 270 g/mol. The number of hydrogen-bond acceptors (Lipinski definition) is 3. The van der Waals surface area contributed by atoms with E-state index in [0.717, 1.165) is 24.5 Å². The van der Waals surface area contributed by atoms with Crippen LogP contribution in [0.2, 0.25) is 5.02 Å². The highest BCUT2D eigenvalue weighted by Gasteiger charge is 2.13. The first-order valence-electron chi connectivity index (χ1n) is 6.12. The molecule has 0 aromatic heterocycles. The Labute approximate surface area is 113 Å². The summed E-state index contributed by atoms with van der Waals surface area (Å²) in [6.07, 6.45) is 2.14. The predicted octanol–water partition coefficient (Wildman–Crippen LogP) is 2.78. The number of nitrogens with two attached hydrogens (primary N) is 1. The van der Waals surface area contributed by atoms with Crippen LogP contribution in [0.25, 0.3) is 0 Å². The standard InChI is InChI=1S/C13H19ClN2S/c14-12-10-11(4-5-15)2-3-13(12)16-6-1-8-17-9-7-16/h2-3,10H,1,4-9,15H2. The summed E-state index contributed by atoms with van der Waals surface area (Å²) in [6.45, 7) is 2.89. The maximum atomic E-state index is 6.36. The molecule has 0 radical (unpaired) electrons. The molecule has 17 heavy (non-hydrogen) atoms. The molecule has 2 N–H and O–H groups in total. The summed E-state index contributed by atoms with van der Waals surface area (Å²) < 4.78 is 0. The molecule has 0 aliphatic carbocycles. The maximum absolute atomic E-state index is 6.36. The third kappa shape index (κ3) is 3.54. The molecule has 1 heterocycles. The van der Waals surface area contributed by atoms with Crippen LogP contribution in [0, 0.1) is 0 Å². The summed E-state index contributed by atoms with van der Waals surface area (Å²) in [5.41, 5.74) is 7.96. The van der Waals surface area contributed by atoms with Gasteiger partial charge in [-0.2, -0.15) is 11.8 Å². The second kappa shape index (κ2) is 6.53. The SMILES string of the molecule is NCCc1ccc(N2CCCSCC2)c(Cl)c1. The summed E-state index contributed by atoms with van der Waals surface area (Å²) >= 11 is 8.39. The van der Waals surface area contributed by atoms with Crippen LogP contribution in [0.5, 0.6) is 0 Å². The van der Waals surface area contributed by atoms with Crippen LogP contribution in [0.4, 0.5) is 5.69 Å². The van der Waals surface area contributed by atoms with Gasteiger partial charge in [-0.1, -0.05) is 17.7 Å². The highest BCUT2D eigenvalue weighted by molar-refractivity contribution is 7.99. The molecular formula is C13H19ClN2S. The van der Waals surface area contributed by atoms with Gasteiger partial charge in [-0.25, -0.2) is 0 Å². The summed E-state index contributed by atoms with van der Waals surface area (Å²) in [6, 6.07) is 6.34. The minimum Gasteiger partial charge on any atom is -0.369 e. The van der Waals surface area contributed by atoms with Gasteiger partial charge in [0.15, 0.2) is 0 Å². The van der Waals surface area contributed by atoms with E-state index < -0.39 is 0 Å². The Bertz CT molecular complexity index is 362. The number of hydrogen-bond donors (Lipinski definition) is 1. The normalized spacial score (nSPS) is 16.9. The van der Waals surface area contributed by atoms with Crippen molar-refractivity contribution >= 4 is 29.1 Å². The molecule has 1 aromatic rings. The van der Waals surface area contributed by atoms with Crippen molar-refractivity contribution in [3.8, 4) is 0 Å². The van der Waals surface area contributed by atoms with Gasteiger partial charge in [0.2, 0.25) is 0 Å². The molecule has 94 valence electrons. The zero-order valence-electron chi connectivity index (χ0n) is 9.99. The first-order chi connectivity index (χ1) is 8.31. The van der Waals surface area contributed by atoms with Crippen molar-refractivity contribution in [2.75, 3.05) is 36.0 Å². The molecule has 2 rings (SSSR count). The minimum atomic E-state index is 0.677. The van der Waals surface area contributed by atoms with Gasteiger partial charge >= 0.3 is 0 Å². The molecule has 0 bridgehead atoms.